The molecule has 1 aliphatic heterocycles. The maximum Gasteiger partial charge on any atom is 0.225 e. The van der Waals surface area contributed by atoms with Crippen LogP contribution in [0.25, 0.3) is 11.1 Å². The highest BCUT2D eigenvalue weighted by Gasteiger charge is 2.30. The van der Waals surface area contributed by atoms with Crippen LogP contribution in [0.5, 0.6) is 5.75 Å². The van der Waals surface area contributed by atoms with E-state index in [0.29, 0.717) is 38.0 Å². The summed E-state index contributed by atoms with van der Waals surface area (Å²) < 4.78 is 11.5. The summed E-state index contributed by atoms with van der Waals surface area (Å²) in [4.78, 5) is 26.2. The summed E-state index contributed by atoms with van der Waals surface area (Å²) in [6, 6.07) is 7.87. The average Bonchev–Trinajstić information content (AvgIpc) is 3.31. The van der Waals surface area contributed by atoms with Crippen molar-refractivity contribution in [3.63, 3.8) is 0 Å². The number of methoxy groups -OCH3 is 1. The maximum absolute atomic E-state index is 13.0. The molecule has 1 aromatic heterocycles. The Morgan fingerprint density at radius 1 is 1.29 bits per heavy atom. The number of benzene rings is 1. The number of carbonyl (C=O) groups is 1. The molecule has 1 atom stereocenters. The second kappa shape index (κ2) is 9.64. The molecule has 1 aliphatic carbocycles. The van der Waals surface area contributed by atoms with E-state index in [-0.39, 0.29) is 12.0 Å². The molecule has 2 aromatic rings. The number of amides is 1. The number of carbonyl (C=O) groups excluding carboxylic acids is 1. The van der Waals surface area contributed by atoms with Gasteiger partial charge in [0.1, 0.15) is 11.9 Å². The highest BCUT2D eigenvalue weighted by Crippen LogP contribution is 2.34. The summed E-state index contributed by atoms with van der Waals surface area (Å²) in [5.74, 6) is 2.18. The molecule has 1 amide bonds. The molecule has 4 rings (SSSR count). The van der Waals surface area contributed by atoms with Crippen molar-refractivity contribution in [2.75, 3.05) is 45.8 Å². The summed E-state index contributed by atoms with van der Waals surface area (Å²) in [6.07, 6.45) is 7.07. The molecule has 2 heterocycles. The van der Waals surface area contributed by atoms with Crippen molar-refractivity contribution in [1.29, 1.82) is 0 Å². The van der Waals surface area contributed by atoms with Gasteiger partial charge in [-0.15, -0.1) is 0 Å². The van der Waals surface area contributed by atoms with Crippen LogP contribution in [0.15, 0.2) is 30.5 Å². The quantitative estimate of drug-likeness (QED) is 0.704. The molecule has 31 heavy (non-hydrogen) atoms. The first-order valence-electron chi connectivity index (χ1n) is 11.1. The lowest BCUT2D eigenvalue weighted by Gasteiger charge is -2.34. The third-order valence-corrected chi connectivity index (χ3v) is 6.25. The summed E-state index contributed by atoms with van der Waals surface area (Å²) in [6.45, 7) is 1.68. The first-order chi connectivity index (χ1) is 15.0. The smallest absolute Gasteiger partial charge is 0.225 e. The molecule has 1 aromatic carbocycles. The van der Waals surface area contributed by atoms with Gasteiger partial charge in [-0.25, -0.2) is 9.97 Å². The Kier molecular flexibility index (Phi) is 6.70. The molecule has 7 nitrogen and oxygen atoms in total. The van der Waals surface area contributed by atoms with Gasteiger partial charge < -0.3 is 19.3 Å². The summed E-state index contributed by atoms with van der Waals surface area (Å²) in [5.41, 5.74) is 2.68. The Morgan fingerprint density at radius 3 is 2.84 bits per heavy atom. The zero-order chi connectivity index (χ0) is 21.8. The van der Waals surface area contributed by atoms with Gasteiger partial charge in [-0.05, 0) is 36.5 Å². The van der Waals surface area contributed by atoms with E-state index >= 15 is 0 Å². The van der Waals surface area contributed by atoms with Crippen LogP contribution >= 0.6 is 0 Å². The zero-order valence-electron chi connectivity index (χ0n) is 18.7. The minimum absolute atomic E-state index is 0.241. The number of nitrogens with zero attached hydrogens (tertiary/aromatic N) is 4. The van der Waals surface area contributed by atoms with Crippen LogP contribution in [-0.4, -0.2) is 61.7 Å². The van der Waals surface area contributed by atoms with E-state index < -0.39 is 0 Å². The average molecular weight is 425 g/mol. The first-order valence-corrected chi connectivity index (χ1v) is 11.1. The van der Waals surface area contributed by atoms with Gasteiger partial charge >= 0.3 is 0 Å². The number of anilines is 1. The van der Waals surface area contributed by atoms with Crippen molar-refractivity contribution in [3.8, 4) is 16.9 Å². The molecule has 166 valence electrons. The molecule has 1 saturated carbocycles. The summed E-state index contributed by atoms with van der Waals surface area (Å²) >= 11 is 0. The van der Waals surface area contributed by atoms with Crippen LogP contribution in [0.2, 0.25) is 0 Å². The maximum atomic E-state index is 13.0. The molecule has 7 heteroatoms. The third kappa shape index (κ3) is 4.98. The number of ether oxygens (including phenoxy) is 2. The molecular formula is C24H32N4O3. The molecule has 2 aliphatic rings. The van der Waals surface area contributed by atoms with Crippen molar-refractivity contribution in [2.24, 2.45) is 5.92 Å². The molecule has 0 bridgehead atoms. The number of morpholine rings is 1. The predicted octanol–water partition coefficient (Wildman–Crippen LogP) is 3.70. The summed E-state index contributed by atoms with van der Waals surface area (Å²) in [7, 11) is 5.50. The van der Waals surface area contributed by atoms with Gasteiger partial charge in [-0.2, -0.15) is 0 Å². The van der Waals surface area contributed by atoms with Crippen LogP contribution in [0.1, 0.15) is 43.9 Å². The minimum atomic E-state index is -0.288. The van der Waals surface area contributed by atoms with E-state index in [1.807, 2.05) is 54.4 Å². The van der Waals surface area contributed by atoms with Crippen LogP contribution < -0.4 is 9.64 Å². The predicted molar refractivity (Wildman–Crippen MR) is 120 cm³/mol. The van der Waals surface area contributed by atoms with Crippen molar-refractivity contribution in [1.82, 2.24) is 14.9 Å². The van der Waals surface area contributed by atoms with Crippen molar-refractivity contribution in [3.05, 3.63) is 36.2 Å². The van der Waals surface area contributed by atoms with Crippen LogP contribution in [0.4, 0.5) is 5.95 Å². The Balaban J connectivity index is 1.61. The number of hydrogen-bond donors (Lipinski definition) is 0. The third-order valence-electron chi connectivity index (χ3n) is 6.25. The van der Waals surface area contributed by atoms with E-state index in [1.165, 1.54) is 25.7 Å². The highest BCUT2D eigenvalue weighted by molar-refractivity contribution is 5.77. The van der Waals surface area contributed by atoms with Crippen LogP contribution in [0, 0.1) is 5.92 Å². The van der Waals surface area contributed by atoms with E-state index in [4.69, 9.17) is 14.5 Å². The minimum Gasteiger partial charge on any atom is -0.497 e. The Hall–Kier alpha value is -2.67. The highest BCUT2D eigenvalue weighted by atomic mass is 16.5. The fourth-order valence-corrected chi connectivity index (χ4v) is 4.49. The van der Waals surface area contributed by atoms with Gasteiger partial charge in [0.2, 0.25) is 11.9 Å². The number of aromatic nitrogens is 2. The number of hydrogen-bond acceptors (Lipinski definition) is 6. The van der Waals surface area contributed by atoms with E-state index in [2.05, 4.69) is 4.98 Å². The van der Waals surface area contributed by atoms with Gasteiger partial charge in [-0.3, -0.25) is 4.79 Å². The van der Waals surface area contributed by atoms with Crippen molar-refractivity contribution >= 4 is 11.9 Å². The fraction of sp³-hybridized carbons (Fsp3) is 0.542. The largest absolute Gasteiger partial charge is 0.497 e. The van der Waals surface area contributed by atoms with Crippen molar-refractivity contribution < 1.29 is 14.3 Å². The SMILES string of the molecule is COc1cccc(-c2cnc(N(C)C)nc2C2CN(C(=O)CC3CCCC3)CCO2)c1. The molecule has 0 spiro atoms. The molecule has 0 radical (unpaired) electrons. The molecule has 1 saturated heterocycles. The monoisotopic (exact) mass is 424 g/mol. The first kappa shape index (κ1) is 21.6. The van der Waals surface area contributed by atoms with Crippen LogP contribution in [0.3, 0.4) is 0 Å². The lowest BCUT2D eigenvalue weighted by Crippen LogP contribution is -2.43. The molecule has 0 N–H and O–H groups in total. The van der Waals surface area contributed by atoms with E-state index in [1.54, 1.807) is 7.11 Å². The van der Waals surface area contributed by atoms with Gasteiger partial charge in [-0.1, -0.05) is 25.0 Å². The van der Waals surface area contributed by atoms with E-state index in [9.17, 15) is 4.79 Å². The van der Waals surface area contributed by atoms with Gasteiger partial charge in [0.25, 0.3) is 0 Å². The van der Waals surface area contributed by atoms with E-state index in [0.717, 1.165) is 22.6 Å². The second-order valence-electron chi connectivity index (χ2n) is 8.65. The van der Waals surface area contributed by atoms with Gasteiger partial charge in [0.05, 0.1) is 26.0 Å². The Morgan fingerprint density at radius 2 is 2.10 bits per heavy atom. The number of rotatable bonds is 6. The lowest BCUT2D eigenvalue weighted by atomic mass is 10.0. The Bertz CT molecular complexity index is 911. The molecule has 2 fully saturated rings. The zero-order valence-corrected chi connectivity index (χ0v) is 18.7. The molecule has 1 unspecified atom stereocenters. The second-order valence-corrected chi connectivity index (χ2v) is 8.65. The topological polar surface area (TPSA) is 67.8 Å². The lowest BCUT2D eigenvalue weighted by molar-refractivity contribution is -0.140. The normalized spacial score (nSPS) is 19.5. The van der Waals surface area contributed by atoms with Gasteiger partial charge in [0, 0.05) is 38.8 Å². The van der Waals surface area contributed by atoms with Crippen LogP contribution in [-0.2, 0) is 9.53 Å². The standard InChI is InChI=1S/C24H32N4O3/c1-27(2)24-25-15-20(18-9-6-10-19(14-18)30-3)23(26-24)21-16-28(11-12-31-21)22(29)13-17-7-4-5-8-17/h6,9-10,14-15,17,21H,4-5,7-8,11-13,16H2,1-3H3. The van der Waals surface area contributed by atoms with Crippen molar-refractivity contribution in [2.45, 2.75) is 38.2 Å². The summed E-state index contributed by atoms with van der Waals surface area (Å²) in [5, 5.41) is 0. The van der Waals surface area contributed by atoms with Gasteiger partial charge in [0.15, 0.2) is 0 Å². The Labute approximate surface area is 184 Å². The fourth-order valence-electron chi connectivity index (χ4n) is 4.49. The molecular weight excluding hydrogens is 392 g/mol.